The number of likely N-dealkylation sites (tertiary alicyclic amines) is 1. The van der Waals surface area contributed by atoms with Gasteiger partial charge in [0.05, 0.1) is 6.61 Å². The van der Waals surface area contributed by atoms with Crippen LogP contribution in [0.5, 0.6) is 0 Å². The van der Waals surface area contributed by atoms with Crippen molar-refractivity contribution in [2.75, 3.05) is 13.2 Å². The molecule has 6 heteroatoms. The molecule has 0 aliphatic carbocycles. The zero-order chi connectivity index (χ0) is 18.4. The number of amides is 2. The minimum atomic E-state index is -1.09. The van der Waals surface area contributed by atoms with Crippen LogP contribution < -0.4 is 5.32 Å². The molecule has 0 unspecified atom stereocenters. The van der Waals surface area contributed by atoms with E-state index in [1.165, 1.54) is 4.90 Å². The van der Waals surface area contributed by atoms with Crippen LogP contribution in [0.25, 0.3) is 0 Å². The lowest BCUT2D eigenvalue weighted by Gasteiger charge is -2.26. The molecule has 1 aromatic carbocycles. The number of aryl methyl sites for hydroxylation is 1. The van der Waals surface area contributed by atoms with E-state index in [2.05, 4.69) is 0 Å². The third-order valence-corrected chi connectivity index (χ3v) is 5.58. The highest BCUT2D eigenvalue weighted by atomic mass is 16.5. The second-order valence-electron chi connectivity index (χ2n) is 6.98. The summed E-state index contributed by atoms with van der Waals surface area (Å²) in [5.74, 6) is -2.11. The maximum atomic E-state index is 12.9. The molecule has 2 aliphatic rings. The Hall–Kier alpha value is -2.21. The largest absolute Gasteiger partial charge is 0.461 e. The summed E-state index contributed by atoms with van der Waals surface area (Å²) in [5.41, 5.74) is 0.944. The highest BCUT2D eigenvalue weighted by Gasteiger charge is 2.70. The lowest BCUT2D eigenvalue weighted by Crippen LogP contribution is -2.97. The Balaban J connectivity index is 2.11. The molecule has 0 bridgehead atoms. The van der Waals surface area contributed by atoms with Crippen LogP contribution in [0, 0.1) is 18.8 Å². The Kier molecular flexibility index (Phi) is 4.41. The molecule has 2 fully saturated rings. The van der Waals surface area contributed by atoms with Crippen molar-refractivity contribution >= 4 is 17.8 Å². The number of fused-ring (bicyclic) bond motifs is 1. The minimum absolute atomic E-state index is 0.185. The Morgan fingerprint density at radius 1 is 1.24 bits per heavy atom. The van der Waals surface area contributed by atoms with Gasteiger partial charge in [-0.25, -0.2) is 4.79 Å². The first-order valence-corrected chi connectivity index (χ1v) is 8.80. The first kappa shape index (κ1) is 17.6. The van der Waals surface area contributed by atoms with Crippen molar-refractivity contribution in [2.24, 2.45) is 11.8 Å². The van der Waals surface area contributed by atoms with Crippen LogP contribution in [0.1, 0.15) is 37.9 Å². The van der Waals surface area contributed by atoms with Crippen LogP contribution >= 0.6 is 0 Å². The molecule has 3 rings (SSSR count). The highest BCUT2D eigenvalue weighted by molar-refractivity contribution is 6.08. The summed E-state index contributed by atoms with van der Waals surface area (Å²) in [6, 6.07) is 7.54. The van der Waals surface area contributed by atoms with E-state index in [0.717, 1.165) is 11.1 Å². The van der Waals surface area contributed by atoms with Gasteiger partial charge in [-0.2, -0.15) is 0 Å². The van der Waals surface area contributed by atoms with Crippen LogP contribution in [0.3, 0.4) is 0 Å². The van der Waals surface area contributed by atoms with Crippen molar-refractivity contribution in [2.45, 2.75) is 39.3 Å². The molecular weight excluding hydrogens is 320 g/mol. The van der Waals surface area contributed by atoms with E-state index < -0.39 is 23.3 Å². The quantitative estimate of drug-likeness (QED) is 0.639. The highest BCUT2D eigenvalue weighted by Crippen LogP contribution is 2.44. The molecule has 2 amide bonds. The fraction of sp³-hybridized carbons (Fsp3) is 0.526. The summed E-state index contributed by atoms with van der Waals surface area (Å²) in [6.07, 6.45) is 0. The van der Waals surface area contributed by atoms with Gasteiger partial charge in [0.25, 0.3) is 0 Å². The number of carbonyl (C=O) groups excluding carboxylic acids is 3. The monoisotopic (exact) mass is 345 g/mol. The van der Waals surface area contributed by atoms with E-state index in [4.69, 9.17) is 4.74 Å². The van der Waals surface area contributed by atoms with Crippen molar-refractivity contribution in [3.05, 3.63) is 35.4 Å². The van der Waals surface area contributed by atoms with Gasteiger partial charge >= 0.3 is 5.97 Å². The van der Waals surface area contributed by atoms with Crippen LogP contribution in [0.15, 0.2) is 24.3 Å². The van der Waals surface area contributed by atoms with E-state index in [-0.39, 0.29) is 24.5 Å². The molecule has 2 heterocycles. The Labute approximate surface area is 147 Å². The van der Waals surface area contributed by atoms with Gasteiger partial charge in [0.1, 0.15) is 17.9 Å². The molecule has 0 radical (unpaired) electrons. The standard InChI is InChI=1S/C19H24N2O4/c1-5-21-16(22)13-14(17(21)23)19(4,18(24)25-6-2)20-15(13)12-10-8-7-9-11(12)3/h7-10,13-15,20H,5-6H2,1-4H3/p+1/t13-,14-,15+,19+/m0/s1. The smallest absolute Gasteiger partial charge is 0.368 e. The first-order chi connectivity index (χ1) is 11.9. The molecule has 0 aromatic heterocycles. The Morgan fingerprint density at radius 3 is 2.52 bits per heavy atom. The topological polar surface area (TPSA) is 80.3 Å². The number of nitrogens with zero attached hydrogens (tertiary/aromatic N) is 1. The maximum Gasteiger partial charge on any atom is 0.368 e. The summed E-state index contributed by atoms with van der Waals surface area (Å²) in [4.78, 5) is 39.8. The summed E-state index contributed by atoms with van der Waals surface area (Å²) in [7, 11) is 0. The number of carbonyl (C=O) groups is 3. The fourth-order valence-corrected chi connectivity index (χ4v) is 4.36. The summed E-state index contributed by atoms with van der Waals surface area (Å²) in [5, 5.41) is 1.87. The van der Waals surface area contributed by atoms with E-state index in [1.807, 2.05) is 36.5 Å². The normalized spacial score (nSPS) is 31.4. The van der Waals surface area contributed by atoms with Gasteiger partial charge in [-0.3, -0.25) is 14.5 Å². The minimum Gasteiger partial charge on any atom is -0.461 e. The average Bonchev–Trinajstić information content (AvgIpc) is 3.03. The van der Waals surface area contributed by atoms with Crippen molar-refractivity contribution in [1.29, 1.82) is 0 Å². The van der Waals surface area contributed by atoms with E-state index in [1.54, 1.807) is 20.8 Å². The second-order valence-corrected chi connectivity index (χ2v) is 6.98. The number of benzene rings is 1. The van der Waals surface area contributed by atoms with Crippen molar-refractivity contribution < 1.29 is 24.4 Å². The molecule has 6 nitrogen and oxygen atoms in total. The lowest BCUT2D eigenvalue weighted by atomic mass is 9.80. The summed E-state index contributed by atoms with van der Waals surface area (Å²) in [6.45, 7) is 7.80. The number of imide groups is 1. The predicted molar refractivity (Wildman–Crippen MR) is 90.3 cm³/mol. The van der Waals surface area contributed by atoms with Gasteiger partial charge in [0.2, 0.25) is 17.4 Å². The maximum absolute atomic E-state index is 12.9. The molecule has 2 N–H and O–H groups in total. The average molecular weight is 345 g/mol. The molecule has 0 spiro atoms. The lowest BCUT2D eigenvalue weighted by molar-refractivity contribution is -0.731. The van der Waals surface area contributed by atoms with Gasteiger partial charge in [0, 0.05) is 19.0 Å². The predicted octanol–water partition coefficient (Wildman–Crippen LogP) is 0.556. The van der Waals surface area contributed by atoms with Gasteiger partial charge in [-0.1, -0.05) is 24.3 Å². The summed E-state index contributed by atoms with van der Waals surface area (Å²) < 4.78 is 5.25. The van der Waals surface area contributed by atoms with E-state index in [9.17, 15) is 14.4 Å². The zero-order valence-corrected chi connectivity index (χ0v) is 15.1. The molecule has 134 valence electrons. The third-order valence-electron chi connectivity index (χ3n) is 5.58. The van der Waals surface area contributed by atoms with Crippen LogP contribution in [-0.4, -0.2) is 41.4 Å². The number of quaternary nitrogens is 1. The van der Waals surface area contributed by atoms with Gasteiger partial charge in [-0.05, 0) is 26.3 Å². The van der Waals surface area contributed by atoms with Crippen molar-refractivity contribution in [1.82, 2.24) is 4.90 Å². The molecular formula is C19H25N2O4+. The van der Waals surface area contributed by atoms with Crippen LogP contribution in [0.2, 0.25) is 0 Å². The molecule has 4 atom stereocenters. The summed E-state index contributed by atoms with van der Waals surface area (Å²) >= 11 is 0. The van der Waals surface area contributed by atoms with Crippen LogP contribution in [0.4, 0.5) is 0 Å². The number of ether oxygens (including phenoxy) is 1. The SMILES string of the molecule is CCOC(=O)[C@]1(C)[NH2+][C@H](c2ccccc2C)[C@H]2C(=O)N(CC)C(=O)[C@H]21. The Morgan fingerprint density at radius 2 is 1.92 bits per heavy atom. The molecule has 2 aliphatic heterocycles. The number of hydrogen-bond acceptors (Lipinski definition) is 4. The fourth-order valence-electron chi connectivity index (χ4n) is 4.36. The van der Waals surface area contributed by atoms with Crippen molar-refractivity contribution in [3.63, 3.8) is 0 Å². The number of nitrogens with two attached hydrogens (primary N) is 1. The zero-order valence-electron chi connectivity index (χ0n) is 15.1. The molecule has 25 heavy (non-hydrogen) atoms. The van der Waals surface area contributed by atoms with Crippen LogP contribution in [-0.2, 0) is 19.1 Å². The van der Waals surface area contributed by atoms with E-state index >= 15 is 0 Å². The third kappa shape index (κ3) is 2.47. The number of esters is 1. The molecule has 1 aromatic rings. The van der Waals surface area contributed by atoms with Gasteiger partial charge < -0.3 is 10.1 Å². The Bertz CT molecular complexity index is 732. The number of hydrogen-bond donors (Lipinski definition) is 1. The van der Waals surface area contributed by atoms with Gasteiger partial charge in [0.15, 0.2) is 0 Å². The number of rotatable bonds is 4. The molecule has 2 saturated heterocycles. The second kappa shape index (κ2) is 6.26. The molecule has 0 saturated carbocycles. The van der Waals surface area contributed by atoms with Crippen molar-refractivity contribution in [3.8, 4) is 0 Å². The van der Waals surface area contributed by atoms with E-state index in [0.29, 0.717) is 6.54 Å². The first-order valence-electron chi connectivity index (χ1n) is 8.80. The van der Waals surface area contributed by atoms with Gasteiger partial charge in [-0.15, -0.1) is 0 Å².